The molecule has 1 saturated heterocycles. The second-order valence-electron chi connectivity index (χ2n) is 6.54. The van der Waals surface area contributed by atoms with Gasteiger partial charge in [0.1, 0.15) is 11.7 Å². The standard InChI is InChI=1S/C19H14FN5O2/c20-12-3-1-10(2-4-12)17-16-15(22-19(27)23-17)9-25(18(16)26)13-5-6-14-11(7-13)8-21-24-14/h1-9,16-17H,(H,21,24)(H2,22,23,27). The maximum Gasteiger partial charge on any atom is 0.319 e. The Kier molecular flexibility index (Phi) is 3.27. The minimum Gasteiger partial charge on any atom is -0.330 e. The number of benzene rings is 2. The fraction of sp³-hybridized carbons (Fsp3) is 0.105. The number of carbonyl (C=O) groups excluding carboxylic acids is 2. The third kappa shape index (κ3) is 2.45. The van der Waals surface area contributed by atoms with Crippen molar-refractivity contribution in [1.29, 1.82) is 0 Å². The maximum absolute atomic E-state index is 13.3. The number of aromatic nitrogens is 2. The number of halogens is 1. The van der Waals surface area contributed by atoms with E-state index >= 15 is 0 Å². The molecule has 0 radical (unpaired) electrons. The molecule has 0 bridgehead atoms. The van der Waals surface area contributed by atoms with Gasteiger partial charge in [0.15, 0.2) is 0 Å². The number of anilines is 1. The molecule has 2 aliphatic rings. The molecule has 2 aliphatic heterocycles. The Balaban J connectivity index is 1.54. The first-order valence-corrected chi connectivity index (χ1v) is 8.41. The first kappa shape index (κ1) is 15.6. The van der Waals surface area contributed by atoms with E-state index in [4.69, 9.17) is 0 Å². The molecule has 7 nitrogen and oxygen atoms in total. The predicted molar refractivity (Wildman–Crippen MR) is 96.0 cm³/mol. The van der Waals surface area contributed by atoms with Gasteiger partial charge >= 0.3 is 6.03 Å². The zero-order valence-corrected chi connectivity index (χ0v) is 13.9. The highest BCUT2D eigenvalue weighted by Gasteiger charge is 2.45. The molecule has 0 spiro atoms. The molecule has 3 aromatic rings. The lowest BCUT2D eigenvalue weighted by molar-refractivity contribution is -0.120. The third-order valence-electron chi connectivity index (χ3n) is 4.92. The lowest BCUT2D eigenvalue weighted by atomic mass is 9.89. The molecule has 8 heteroatoms. The number of nitrogens with zero attached hydrogens (tertiary/aromatic N) is 2. The first-order valence-electron chi connectivity index (χ1n) is 8.41. The number of H-pyrrole nitrogens is 1. The second-order valence-corrected chi connectivity index (χ2v) is 6.54. The molecule has 2 atom stereocenters. The summed E-state index contributed by atoms with van der Waals surface area (Å²) < 4.78 is 13.3. The van der Waals surface area contributed by atoms with Crippen molar-refractivity contribution < 1.29 is 14.0 Å². The lowest BCUT2D eigenvalue weighted by Crippen LogP contribution is -2.50. The van der Waals surface area contributed by atoms with Crippen LogP contribution in [0.15, 0.2) is 60.6 Å². The van der Waals surface area contributed by atoms with Crippen LogP contribution in [0.3, 0.4) is 0 Å². The van der Waals surface area contributed by atoms with Crippen LogP contribution in [-0.4, -0.2) is 22.1 Å². The van der Waals surface area contributed by atoms with Gasteiger partial charge < -0.3 is 10.6 Å². The second kappa shape index (κ2) is 5.66. The van der Waals surface area contributed by atoms with Crippen molar-refractivity contribution >= 4 is 28.5 Å². The number of fused-ring (bicyclic) bond motifs is 2. The van der Waals surface area contributed by atoms with E-state index in [2.05, 4.69) is 20.8 Å². The Morgan fingerprint density at radius 1 is 1.07 bits per heavy atom. The smallest absolute Gasteiger partial charge is 0.319 e. The van der Waals surface area contributed by atoms with Crippen molar-refractivity contribution in [3.8, 4) is 0 Å². The first-order chi connectivity index (χ1) is 13.1. The molecule has 2 aromatic carbocycles. The van der Waals surface area contributed by atoms with Gasteiger partial charge in [-0.2, -0.15) is 5.10 Å². The number of nitrogens with one attached hydrogen (secondary N) is 3. The van der Waals surface area contributed by atoms with Gasteiger partial charge in [0.25, 0.3) is 0 Å². The van der Waals surface area contributed by atoms with E-state index in [1.54, 1.807) is 24.5 Å². The number of amides is 3. The summed E-state index contributed by atoms with van der Waals surface area (Å²) in [6.45, 7) is 0. The van der Waals surface area contributed by atoms with Crippen LogP contribution >= 0.6 is 0 Å². The molecule has 3 N–H and O–H groups in total. The van der Waals surface area contributed by atoms with Crippen LogP contribution < -0.4 is 15.5 Å². The molecular formula is C19H14FN5O2. The fourth-order valence-electron chi connectivity index (χ4n) is 3.62. The highest BCUT2D eigenvalue weighted by Crippen LogP contribution is 2.38. The average molecular weight is 363 g/mol. The van der Waals surface area contributed by atoms with Gasteiger partial charge in [-0.1, -0.05) is 12.1 Å². The van der Waals surface area contributed by atoms with E-state index in [1.807, 2.05) is 18.2 Å². The highest BCUT2D eigenvalue weighted by molar-refractivity contribution is 6.04. The monoisotopic (exact) mass is 363 g/mol. The zero-order chi connectivity index (χ0) is 18.5. The highest BCUT2D eigenvalue weighted by atomic mass is 19.1. The third-order valence-corrected chi connectivity index (χ3v) is 4.92. The normalized spacial score (nSPS) is 21.7. The van der Waals surface area contributed by atoms with E-state index in [-0.39, 0.29) is 11.7 Å². The summed E-state index contributed by atoms with van der Waals surface area (Å²) in [5.41, 5.74) is 2.74. The van der Waals surface area contributed by atoms with Crippen molar-refractivity contribution in [3.05, 3.63) is 71.9 Å². The molecule has 134 valence electrons. The summed E-state index contributed by atoms with van der Waals surface area (Å²) in [6, 6.07) is 10.3. The Morgan fingerprint density at radius 3 is 2.70 bits per heavy atom. The van der Waals surface area contributed by atoms with Crippen LogP contribution in [0.4, 0.5) is 14.9 Å². The largest absolute Gasteiger partial charge is 0.330 e. The van der Waals surface area contributed by atoms with E-state index in [1.165, 1.54) is 17.0 Å². The van der Waals surface area contributed by atoms with Gasteiger partial charge in [0.05, 0.1) is 23.5 Å². The molecule has 5 rings (SSSR count). The molecule has 1 aromatic heterocycles. The van der Waals surface area contributed by atoms with Gasteiger partial charge in [0, 0.05) is 17.3 Å². The summed E-state index contributed by atoms with van der Waals surface area (Å²) in [6.07, 6.45) is 3.33. The van der Waals surface area contributed by atoms with E-state index < -0.39 is 18.0 Å². The van der Waals surface area contributed by atoms with Gasteiger partial charge in [-0.15, -0.1) is 0 Å². The number of urea groups is 1. The summed E-state index contributed by atoms with van der Waals surface area (Å²) >= 11 is 0. The quantitative estimate of drug-likeness (QED) is 0.654. The lowest BCUT2D eigenvalue weighted by Gasteiger charge is -2.31. The van der Waals surface area contributed by atoms with E-state index in [0.717, 1.165) is 10.9 Å². The Labute approximate surface area is 152 Å². The SMILES string of the molecule is O=C1NC2=CN(c3ccc4[nH]ncc4c3)C(=O)C2C(c2ccc(F)cc2)N1. The van der Waals surface area contributed by atoms with Crippen LogP contribution in [0.1, 0.15) is 11.6 Å². The Morgan fingerprint density at radius 2 is 1.89 bits per heavy atom. The number of aromatic amines is 1. The minimum atomic E-state index is -0.604. The van der Waals surface area contributed by atoms with Gasteiger partial charge in [-0.05, 0) is 35.9 Å². The maximum atomic E-state index is 13.3. The number of hydrogen-bond acceptors (Lipinski definition) is 3. The van der Waals surface area contributed by atoms with Crippen molar-refractivity contribution in [2.45, 2.75) is 6.04 Å². The minimum absolute atomic E-state index is 0.172. The molecule has 0 aliphatic carbocycles. The summed E-state index contributed by atoms with van der Waals surface area (Å²) in [5, 5.41) is 13.2. The summed E-state index contributed by atoms with van der Waals surface area (Å²) in [4.78, 5) is 26.7. The topological polar surface area (TPSA) is 90.1 Å². The van der Waals surface area contributed by atoms with Crippen LogP contribution in [0.25, 0.3) is 10.9 Å². The predicted octanol–water partition coefficient (Wildman–Crippen LogP) is 2.56. The van der Waals surface area contributed by atoms with Crippen LogP contribution in [0.2, 0.25) is 0 Å². The Hall–Kier alpha value is -3.68. The van der Waals surface area contributed by atoms with Gasteiger partial charge in [0.2, 0.25) is 5.91 Å². The summed E-state index contributed by atoms with van der Waals surface area (Å²) in [7, 11) is 0. The van der Waals surface area contributed by atoms with Crippen molar-refractivity contribution in [3.63, 3.8) is 0 Å². The Bertz CT molecular complexity index is 1100. The zero-order valence-electron chi connectivity index (χ0n) is 13.9. The molecule has 1 fully saturated rings. The van der Waals surface area contributed by atoms with Crippen molar-refractivity contribution in [1.82, 2.24) is 20.8 Å². The summed E-state index contributed by atoms with van der Waals surface area (Å²) in [5.74, 6) is -1.15. The van der Waals surface area contributed by atoms with Crippen LogP contribution in [-0.2, 0) is 4.79 Å². The number of carbonyl (C=O) groups is 2. The van der Waals surface area contributed by atoms with E-state index in [0.29, 0.717) is 16.9 Å². The molecule has 3 amide bonds. The fourth-order valence-corrected chi connectivity index (χ4v) is 3.62. The average Bonchev–Trinajstić information content (AvgIpc) is 3.25. The van der Waals surface area contributed by atoms with Gasteiger partial charge in [-0.25, -0.2) is 9.18 Å². The van der Waals surface area contributed by atoms with E-state index in [9.17, 15) is 14.0 Å². The molecular weight excluding hydrogens is 349 g/mol. The van der Waals surface area contributed by atoms with Gasteiger partial charge in [-0.3, -0.25) is 14.8 Å². The van der Waals surface area contributed by atoms with Crippen LogP contribution in [0, 0.1) is 11.7 Å². The van der Waals surface area contributed by atoms with Crippen LogP contribution in [0.5, 0.6) is 0 Å². The molecule has 27 heavy (non-hydrogen) atoms. The number of rotatable bonds is 2. The van der Waals surface area contributed by atoms with Crippen molar-refractivity contribution in [2.75, 3.05) is 4.90 Å². The van der Waals surface area contributed by atoms with Crippen molar-refractivity contribution in [2.24, 2.45) is 5.92 Å². The molecule has 0 saturated carbocycles. The molecule has 3 heterocycles. The molecule has 2 unspecified atom stereocenters. The number of hydrogen-bond donors (Lipinski definition) is 3.